The minimum atomic E-state index is -0.495. The minimum absolute atomic E-state index is 0.0768. The lowest BCUT2D eigenvalue weighted by molar-refractivity contribution is -0.123. The quantitative estimate of drug-likeness (QED) is 0.879. The Balaban J connectivity index is 1.95. The predicted octanol–water partition coefficient (Wildman–Crippen LogP) is 2.65. The number of hydrogen-bond donors (Lipinski definition) is 2. The summed E-state index contributed by atoms with van der Waals surface area (Å²) in [6.07, 6.45) is 6.90. The number of fused-ring (bicyclic) bond motifs is 1. The number of benzene rings is 1. The molecule has 0 spiro atoms. The second kappa shape index (κ2) is 6.84. The molecule has 1 aromatic rings. The molecule has 0 bridgehead atoms. The second-order valence-electron chi connectivity index (χ2n) is 6.31. The molecule has 2 rings (SSSR count). The van der Waals surface area contributed by atoms with Crippen LogP contribution in [0.4, 0.5) is 0 Å². The highest BCUT2D eigenvalue weighted by Crippen LogP contribution is 2.25. The van der Waals surface area contributed by atoms with Gasteiger partial charge in [-0.05, 0) is 62.5 Å². The standard InChI is InChI=1S/C17H26N2OS/c1-17(2,21-3)15(18)16(20)19-11-12-8-9-13-6-4-5-7-14(13)10-12/h8-10,15H,4-7,11,18H2,1-3H3,(H,19,20)/t15-/m1/s1. The van der Waals surface area contributed by atoms with Crippen LogP contribution in [0.3, 0.4) is 0 Å². The summed E-state index contributed by atoms with van der Waals surface area (Å²) in [5.41, 5.74) is 10.1. The Bertz CT molecular complexity index is 514. The highest BCUT2D eigenvalue weighted by atomic mass is 32.2. The predicted molar refractivity (Wildman–Crippen MR) is 90.5 cm³/mol. The Kier molecular flexibility index (Phi) is 5.33. The summed E-state index contributed by atoms with van der Waals surface area (Å²) in [5, 5.41) is 2.97. The lowest BCUT2D eigenvalue weighted by Gasteiger charge is -2.28. The second-order valence-corrected chi connectivity index (χ2v) is 7.77. The van der Waals surface area contributed by atoms with Gasteiger partial charge in [0.1, 0.15) is 0 Å². The summed E-state index contributed by atoms with van der Waals surface area (Å²) < 4.78 is -0.250. The van der Waals surface area contributed by atoms with Gasteiger partial charge in [0.2, 0.25) is 5.91 Å². The zero-order chi connectivity index (χ0) is 15.5. The number of carbonyl (C=O) groups excluding carboxylic acids is 1. The van der Waals surface area contributed by atoms with Crippen LogP contribution in [0.2, 0.25) is 0 Å². The van der Waals surface area contributed by atoms with Crippen LogP contribution in [0.5, 0.6) is 0 Å². The van der Waals surface area contributed by atoms with E-state index in [4.69, 9.17) is 5.73 Å². The van der Waals surface area contributed by atoms with E-state index >= 15 is 0 Å². The zero-order valence-corrected chi connectivity index (χ0v) is 14.1. The molecular formula is C17H26N2OS. The van der Waals surface area contributed by atoms with Crippen molar-refractivity contribution in [3.8, 4) is 0 Å². The van der Waals surface area contributed by atoms with Gasteiger partial charge in [-0.15, -0.1) is 0 Å². The molecule has 1 aliphatic rings. The van der Waals surface area contributed by atoms with Gasteiger partial charge in [0.25, 0.3) is 0 Å². The number of hydrogen-bond acceptors (Lipinski definition) is 3. The van der Waals surface area contributed by atoms with Crippen molar-refractivity contribution in [2.45, 2.75) is 56.9 Å². The summed E-state index contributed by atoms with van der Waals surface area (Å²) in [6.45, 7) is 4.56. The SMILES string of the molecule is CSC(C)(C)[C@H](N)C(=O)NCc1ccc2c(c1)CCCC2. The van der Waals surface area contributed by atoms with Crippen molar-refractivity contribution in [2.75, 3.05) is 6.26 Å². The number of carbonyl (C=O) groups is 1. The largest absolute Gasteiger partial charge is 0.351 e. The fourth-order valence-electron chi connectivity index (χ4n) is 2.64. The third kappa shape index (κ3) is 4.01. The van der Waals surface area contributed by atoms with Gasteiger partial charge in [0, 0.05) is 11.3 Å². The van der Waals surface area contributed by atoms with Crippen molar-refractivity contribution in [3.05, 3.63) is 34.9 Å². The molecule has 4 heteroatoms. The van der Waals surface area contributed by atoms with E-state index < -0.39 is 6.04 Å². The smallest absolute Gasteiger partial charge is 0.238 e. The lowest BCUT2D eigenvalue weighted by atomic mass is 9.90. The minimum Gasteiger partial charge on any atom is -0.351 e. The van der Waals surface area contributed by atoms with Gasteiger partial charge >= 0.3 is 0 Å². The van der Waals surface area contributed by atoms with Crippen LogP contribution in [-0.4, -0.2) is 23.0 Å². The molecule has 1 aliphatic carbocycles. The van der Waals surface area contributed by atoms with Crippen LogP contribution >= 0.6 is 11.8 Å². The maximum Gasteiger partial charge on any atom is 0.238 e. The summed E-state index contributed by atoms with van der Waals surface area (Å²) in [6, 6.07) is 6.07. The van der Waals surface area contributed by atoms with Crippen molar-refractivity contribution in [2.24, 2.45) is 5.73 Å². The topological polar surface area (TPSA) is 55.1 Å². The third-order valence-corrected chi connectivity index (χ3v) is 5.74. The van der Waals surface area contributed by atoms with Crippen LogP contribution in [0.15, 0.2) is 18.2 Å². The number of rotatable bonds is 5. The first kappa shape index (κ1) is 16.4. The molecule has 0 aliphatic heterocycles. The third-order valence-electron chi connectivity index (χ3n) is 4.44. The zero-order valence-electron chi connectivity index (χ0n) is 13.2. The van der Waals surface area contributed by atoms with E-state index in [0.29, 0.717) is 6.54 Å². The molecule has 0 aromatic heterocycles. The van der Waals surface area contributed by atoms with Crippen molar-refractivity contribution >= 4 is 17.7 Å². The number of aryl methyl sites for hydroxylation is 2. The van der Waals surface area contributed by atoms with E-state index in [9.17, 15) is 4.79 Å². The lowest BCUT2D eigenvalue weighted by Crippen LogP contribution is -2.51. The van der Waals surface area contributed by atoms with Crippen molar-refractivity contribution in [3.63, 3.8) is 0 Å². The van der Waals surface area contributed by atoms with Crippen LogP contribution < -0.4 is 11.1 Å². The summed E-state index contributed by atoms with van der Waals surface area (Å²) in [4.78, 5) is 12.2. The Morgan fingerprint density at radius 2 is 2.00 bits per heavy atom. The monoisotopic (exact) mass is 306 g/mol. The van der Waals surface area contributed by atoms with Crippen molar-refractivity contribution in [1.29, 1.82) is 0 Å². The molecule has 0 unspecified atom stereocenters. The molecule has 1 amide bonds. The molecule has 3 nitrogen and oxygen atoms in total. The summed E-state index contributed by atoms with van der Waals surface area (Å²) >= 11 is 1.62. The van der Waals surface area contributed by atoms with Crippen LogP contribution in [0.1, 0.15) is 43.4 Å². The first-order valence-electron chi connectivity index (χ1n) is 7.63. The van der Waals surface area contributed by atoms with Gasteiger partial charge < -0.3 is 11.1 Å². The van der Waals surface area contributed by atoms with Gasteiger partial charge in [-0.3, -0.25) is 4.79 Å². The van der Waals surface area contributed by atoms with Crippen LogP contribution in [-0.2, 0) is 24.2 Å². The van der Waals surface area contributed by atoms with E-state index in [2.05, 4.69) is 23.5 Å². The van der Waals surface area contributed by atoms with Crippen molar-refractivity contribution < 1.29 is 4.79 Å². The van der Waals surface area contributed by atoms with Gasteiger partial charge in [-0.1, -0.05) is 18.2 Å². The molecule has 116 valence electrons. The van der Waals surface area contributed by atoms with Gasteiger partial charge in [-0.25, -0.2) is 0 Å². The molecule has 0 saturated heterocycles. The van der Waals surface area contributed by atoms with Gasteiger partial charge in [-0.2, -0.15) is 11.8 Å². The average molecular weight is 306 g/mol. The number of nitrogens with two attached hydrogens (primary N) is 1. The van der Waals surface area contributed by atoms with Gasteiger partial charge in [0.05, 0.1) is 6.04 Å². The first-order valence-corrected chi connectivity index (χ1v) is 8.85. The molecule has 1 atom stereocenters. The number of thioether (sulfide) groups is 1. The molecule has 1 aromatic carbocycles. The normalized spacial score (nSPS) is 16.2. The summed E-state index contributed by atoms with van der Waals surface area (Å²) in [7, 11) is 0. The van der Waals surface area contributed by atoms with E-state index in [1.165, 1.54) is 30.4 Å². The van der Waals surface area contributed by atoms with Crippen LogP contribution in [0, 0.1) is 0 Å². The fourth-order valence-corrected chi connectivity index (χ4v) is 3.00. The van der Waals surface area contributed by atoms with Gasteiger partial charge in [0.15, 0.2) is 0 Å². The Morgan fingerprint density at radius 1 is 1.33 bits per heavy atom. The summed E-state index contributed by atoms with van der Waals surface area (Å²) in [5.74, 6) is -0.0768. The molecule has 0 radical (unpaired) electrons. The fraction of sp³-hybridized carbons (Fsp3) is 0.588. The molecule has 0 fully saturated rings. The van der Waals surface area contributed by atoms with E-state index in [0.717, 1.165) is 12.0 Å². The highest BCUT2D eigenvalue weighted by molar-refractivity contribution is 8.00. The van der Waals surface area contributed by atoms with Crippen molar-refractivity contribution in [1.82, 2.24) is 5.32 Å². The van der Waals surface area contributed by atoms with Crippen LogP contribution in [0.25, 0.3) is 0 Å². The van der Waals surface area contributed by atoms with E-state index in [-0.39, 0.29) is 10.7 Å². The molecule has 0 heterocycles. The van der Waals surface area contributed by atoms with E-state index in [1.54, 1.807) is 11.8 Å². The maximum absolute atomic E-state index is 12.2. The molecular weight excluding hydrogens is 280 g/mol. The molecule has 0 saturated carbocycles. The highest BCUT2D eigenvalue weighted by Gasteiger charge is 2.31. The molecule has 3 N–H and O–H groups in total. The Hall–Kier alpha value is -1.00. The first-order chi connectivity index (χ1) is 9.94. The Morgan fingerprint density at radius 3 is 2.67 bits per heavy atom. The number of nitrogens with one attached hydrogen (secondary N) is 1. The average Bonchev–Trinajstić information content (AvgIpc) is 2.51. The molecule has 21 heavy (non-hydrogen) atoms. The van der Waals surface area contributed by atoms with E-state index in [1.807, 2.05) is 20.1 Å². The number of amides is 1. The Labute approximate surface area is 132 Å². The maximum atomic E-state index is 12.2.